The molecule has 150 valence electrons. The molecular formula is C19H17N3O6S. The van der Waals surface area contributed by atoms with Crippen molar-refractivity contribution in [3.8, 4) is 6.07 Å². The maximum Gasteiger partial charge on any atom is 0.414 e. The molecule has 0 aliphatic carbocycles. The molecule has 3 rings (SSSR count). The van der Waals surface area contributed by atoms with E-state index in [1.807, 2.05) is 0 Å². The first-order chi connectivity index (χ1) is 13.7. The number of hydrogen-bond donors (Lipinski definition) is 3. The van der Waals surface area contributed by atoms with E-state index >= 15 is 0 Å². The Hall–Kier alpha value is -3.68. The number of hydrogen-bond acceptors (Lipinski definition) is 6. The largest absolute Gasteiger partial charge is 0.473 e. The highest BCUT2D eigenvalue weighted by atomic mass is 32.2. The van der Waals surface area contributed by atoms with Crippen molar-refractivity contribution in [3.05, 3.63) is 65.9 Å². The standard InChI is InChI=1S/C17H15N3O2S.C2H2O4/c18-9-8-14-12-20(17-7-6-13(11-19)10-16(14)17)23(21,22)15-4-2-1-3-5-15;3-1(4)2(5)6/h1-7,10,12H,8-9,18H2;(H,3,4)(H,5,6). The normalized spacial score (nSPS) is 10.6. The molecule has 0 spiro atoms. The minimum absolute atomic E-state index is 0.223. The number of nitrogens with zero attached hydrogens (tertiary/aromatic N) is 2. The van der Waals surface area contributed by atoms with Crippen molar-refractivity contribution >= 4 is 32.9 Å². The van der Waals surface area contributed by atoms with Gasteiger partial charge in [-0.25, -0.2) is 22.0 Å². The molecule has 0 aliphatic heterocycles. The molecule has 0 aliphatic rings. The number of carboxylic acid groups (broad SMARTS) is 2. The zero-order chi connectivity index (χ0) is 21.6. The van der Waals surface area contributed by atoms with Crippen molar-refractivity contribution in [3.63, 3.8) is 0 Å². The summed E-state index contributed by atoms with van der Waals surface area (Å²) < 4.78 is 27.0. The molecule has 1 aromatic heterocycles. The Balaban J connectivity index is 0.000000438. The van der Waals surface area contributed by atoms with E-state index in [1.54, 1.807) is 54.7 Å². The van der Waals surface area contributed by atoms with E-state index in [0.717, 1.165) is 10.9 Å². The Morgan fingerprint density at radius 2 is 1.69 bits per heavy atom. The number of nitrogens with two attached hydrogens (primary N) is 1. The van der Waals surface area contributed by atoms with Crippen LogP contribution in [0.15, 0.2) is 59.6 Å². The third kappa shape index (κ3) is 4.78. The Morgan fingerprint density at radius 3 is 2.21 bits per heavy atom. The predicted octanol–water partition coefficient (Wildman–Crippen LogP) is 1.41. The number of carbonyl (C=O) groups is 2. The average molecular weight is 415 g/mol. The van der Waals surface area contributed by atoms with Gasteiger partial charge in [-0.3, -0.25) is 0 Å². The SMILES string of the molecule is N#Cc1ccc2c(c1)c(CCN)cn2S(=O)(=O)c1ccccc1.O=C(O)C(=O)O. The van der Waals surface area contributed by atoms with Crippen molar-refractivity contribution in [2.24, 2.45) is 5.73 Å². The van der Waals surface area contributed by atoms with Crippen LogP contribution in [0.4, 0.5) is 0 Å². The van der Waals surface area contributed by atoms with Gasteiger partial charge in [0.1, 0.15) is 0 Å². The second-order valence-electron chi connectivity index (χ2n) is 5.76. The summed E-state index contributed by atoms with van der Waals surface area (Å²) in [6.07, 6.45) is 2.14. The number of benzene rings is 2. The van der Waals surface area contributed by atoms with Crippen molar-refractivity contribution in [1.29, 1.82) is 5.26 Å². The third-order valence-electron chi connectivity index (χ3n) is 3.88. The van der Waals surface area contributed by atoms with Gasteiger partial charge < -0.3 is 15.9 Å². The van der Waals surface area contributed by atoms with Crippen molar-refractivity contribution in [2.45, 2.75) is 11.3 Å². The van der Waals surface area contributed by atoms with Gasteiger partial charge in [0, 0.05) is 11.6 Å². The van der Waals surface area contributed by atoms with Crippen LogP contribution in [0.5, 0.6) is 0 Å². The van der Waals surface area contributed by atoms with Gasteiger partial charge >= 0.3 is 11.9 Å². The summed E-state index contributed by atoms with van der Waals surface area (Å²) in [5.74, 6) is -3.65. The van der Waals surface area contributed by atoms with Crippen molar-refractivity contribution < 1.29 is 28.2 Å². The van der Waals surface area contributed by atoms with Crippen LogP contribution in [0.2, 0.25) is 0 Å². The first kappa shape index (κ1) is 21.6. The van der Waals surface area contributed by atoms with Gasteiger partial charge in [-0.15, -0.1) is 0 Å². The Bertz CT molecular complexity index is 1180. The molecule has 0 saturated carbocycles. The second-order valence-corrected chi connectivity index (χ2v) is 7.58. The van der Waals surface area contributed by atoms with Gasteiger partial charge in [0.2, 0.25) is 0 Å². The fraction of sp³-hybridized carbons (Fsp3) is 0.105. The highest BCUT2D eigenvalue weighted by Crippen LogP contribution is 2.27. The topological polar surface area (TPSA) is 163 Å². The van der Waals surface area contributed by atoms with Crippen molar-refractivity contribution in [1.82, 2.24) is 3.97 Å². The number of fused-ring (bicyclic) bond motifs is 1. The van der Waals surface area contributed by atoms with E-state index in [0.29, 0.717) is 24.0 Å². The fourth-order valence-corrected chi connectivity index (χ4v) is 4.01. The van der Waals surface area contributed by atoms with Gasteiger partial charge in [0.05, 0.1) is 22.0 Å². The Labute approximate surface area is 166 Å². The lowest BCUT2D eigenvalue weighted by Crippen LogP contribution is -2.11. The average Bonchev–Trinajstić information content (AvgIpc) is 3.08. The summed E-state index contributed by atoms with van der Waals surface area (Å²) >= 11 is 0. The van der Waals surface area contributed by atoms with E-state index < -0.39 is 22.0 Å². The number of carboxylic acids is 2. The molecule has 0 atom stereocenters. The second kappa shape index (κ2) is 9.01. The zero-order valence-electron chi connectivity index (χ0n) is 15.0. The summed E-state index contributed by atoms with van der Waals surface area (Å²) in [6, 6.07) is 15.3. The molecule has 1 heterocycles. The summed E-state index contributed by atoms with van der Waals surface area (Å²) in [6.45, 7) is 0.404. The van der Waals surface area contributed by atoms with Gasteiger partial charge in [0.25, 0.3) is 10.0 Å². The van der Waals surface area contributed by atoms with Crippen LogP contribution < -0.4 is 5.73 Å². The monoisotopic (exact) mass is 415 g/mol. The lowest BCUT2D eigenvalue weighted by atomic mass is 10.1. The lowest BCUT2D eigenvalue weighted by molar-refractivity contribution is -0.159. The van der Waals surface area contributed by atoms with Crippen LogP contribution in [-0.4, -0.2) is 41.1 Å². The molecule has 0 amide bonds. The summed E-state index contributed by atoms with van der Waals surface area (Å²) in [7, 11) is -3.69. The molecule has 0 radical (unpaired) electrons. The molecule has 0 unspecified atom stereocenters. The smallest absolute Gasteiger partial charge is 0.414 e. The minimum atomic E-state index is -3.69. The molecular weight excluding hydrogens is 398 g/mol. The molecule has 4 N–H and O–H groups in total. The molecule has 9 nitrogen and oxygen atoms in total. The Morgan fingerprint density at radius 1 is 1.07 bits per heavy atom. The molecule has 0 bridgehead atoms. The summed E-state index contributed by atoms with van der Waals surface area (Å²) in [4.78, 5) is 18.4. The highest BCUT2D eigenvalue weighted by Gasteiger charge is 2.21. The number of aliphatic carboxylic acids is 2. The molecule has 29 heavy (non-hydrogen) atoms. The van der Waals surface area contributed by atoms with Gasteiger partial charge in [-0.1, -0.05) is 18.2 Å². The predicted molar refractivity (Wildman–Crippen MR) is 104 cm³/mol. The molecule has 0 fully saturated rings. The van der Waals surface area contributed by atoms with Crippen LogP contribution in [0.3, 0.4) is 0 Å². The number of rotatable bonds is 4. The van der Waals surface area contributed by atoms with E-state index in [-0.39, 0.29) is 4.90 Å². The van der Waals surface area contributed by atoms with Crippen LogP contribution >= 0.6 is 0 Å². The van der Waals surface area contributed by atoms with E-state index in [1.165, 1.54) is 3.97 Å². The minimum Gasteiger partial charge on any atom is -0.473 e. The van der Waals surface area contributed by atoms with Crippen LogP contribution in [0, 0.1) is 11.3 Å². The fourth-order valence-electron chi connectivity index (χ4n) is 2.60. The van der Waals surface area contributed by atoms with Crippen LogP contribution in [-0.2, 0) is 26.0 Å². The number of nitriles is 1. The van der Waals surface area contributed by atoms with E-state index in [4.69, 9.17) is 30.8 Å². The first-order valence-corrected chi connectivity index (χ1v) is 9.67. The quantitative estimate of drug-likeness (QED) is 0.538. The Kier molecular flexibility index (Phi) is 6.71. The molecule has 3 aromatic rings. The van der Waals surface area contributed by atoms with Gasteiger partial charge in [-0.2, -0.15) is 5.26 Å². The highest BCUT2D eigenvalue weighted by molar-refractivity contribution is 7.90. The van der Waals surface area contributed by atoms with E-state index in [9.17, 15) is 8.42 Å². The van der Waals surface area contributed by atoms with Crippen LogP contribution in [0.25, 0.3) is 10.9 Å². The first-order valence-electron chi connectivity index (χ1n) is 8.23. The van der Waals surface area contributed by atoms with E-state index in [2.05, 4.69) is 6.07 Å². The lowest BCUT2D eigenvalue weighted by Gasteiger charge is -2.07. The van der Waals surface area contributed by atoms with Gasteiger partial charge in [-0.05, 0) is 48.9 Å². The summed E-state index contributed by atoms with van der Waals surface area (Å²) in [5, 5.41) is 24.6. The number of aromatic nitrogens is 1. The molecule has 10 heteroatoms. The maximum absolute atomic E-state index is 12.9. The molecule has 2 aromatic carbocycles. The molecule has 0 saturated heterocycles. The third-order valence-corrected chi connectivity index (χ3v) is 5.57. The summed E-state index contributed by atoms with van der Waals surface area (Å²) in [5.41, 5.74) is 7.49. The zero-order valence-corrected chi connectivity index (χ0v) is 15.8. The maximum atomic E-state index is 12.9. The van der Waals surface area contributed by atoms with Crippen molar-refractivity contribution in [2.75, 3.05) is 6.54 Å². The van der Waals surface area contributed by atoms with Crippen LogP contribution in [0.1, 0.15) is 11.1 Å². The van der Waals surface area contributed by atoms with Gasteiger partial charge in [0.15, 0.2) is 0 Å².